The Labute approximate surface area is 172 Å². The molecule has 1 unspecified atom stereocenters. The van der Waals surface area contributed by atoms with Gasteiger partial charge in [0.15, 0.2) is 0 Å². The van der Waals surface area contributed by atoms with Crippen LogP contribution in [0, 0.1) is 5.41 Å². The lowest BCUT2D eigenvalue weighted by atomic mass is 9.83. The van der Waals surface area contributed by atoms with E-state index in [0.29, 0.717) is 5.92 Å². The maximum atomic E-state index is 13.4. The number of Topliss-reactive ketones (excluding diaryl/α,β-unsaturated/α-hetero) is 1. The van der Waals surface area contributed by atoms with Crippen molar-refractivity contribution in [2.45, 2.75) is 65.0 Å². The fourth-order valence-corrected chi connectivity index (χ4v) is 3.80. The number of benzene rings is 1. The number of imidazole rings is 1. The molecule has 6 nitrogen and oxygen atoms in total. The number of carbonyl (C=O) groups is 2. The lowest BCUT2D eigenvalue weighted by Crippen LogP contribution is -2.39. The summed E-state index contributed by atoms with van der Waals surface area (Å²) in [5.41, 5.74) is 0.253. The molecular formula is C23H30N2O4. The first-order valence-corrected chi connectivity index (χ1v) is 10.3. The molecule has 0 aliphatic heterocycles. The second-order valence-electron chi connectivity index (χ2n) is 8.38. The molecule has 0 bridgehead atoms. The normalized spacial score (nSPS) is 16.2. The van der Waals surface area contributed by atoms with Gasteiger partial charge in [0, 0.05) is 19.3 Å². The van der Waals surface area contributed by atoms with Crippen LogP contribution >= 0.6 is 0 Å². The van der Waals surface area contributed by atoms with E-state index < -0.39 is 17.6 Å². The number of hydrogen-bond acceptors (Lipinski definition) is 5. The van der Waals surface area contributed by atoms with Crippen molar-refractivity contribution in [2.75, 3.05) is 6.61 Å². The van der Waals surface area contributed by atoms with Crippen LogP contribution in [-0.2, 0) is 14.3 Å². The highest BCUT2D eigenvalue weighted by atomic mass is 16.5. The van der Waals surface area contributed by atoms with E-state index in [0.717, 1.165) is 24.2 Å². The molecule has 1 aliphatic rings. The quantitative estimate of drug-likeness (QED) is 0.605. The van der Waals surface area contributed by atoms with Gasteiger partial charge in [0.2, 0.25) is 12.0 Å². The van der Waals surface area contributed by atoms with Crippen LogP contribution in [0.4, 0.5) is 0 Å². The van der Waals surface area contributed by atoms with Crippen molar-refractivity contribution in [1.29, 1.82) is 0 Å². The molecule has 1 saturated carbocycles. The fraction of sp³-hybridized carbons (Fsp3) is 0.522. The Kier molecular flexibility index (Phi) is 6.72. The number of esters is 1. The van der Waals surface area contributed by atoms with E-state index in [-0.39, 0.29) is 12.4 Å². The van der Waals surface area contributed by atoms with Crippen LogP contribution in [0.15, 0.2) is 43.0 Å². The third-order valence-electron chi connectivity index (χ3n) is 5.53. The van der Waals surface area contributed by atoms with Crippen molar-refractivity contribution in [3.8, 4) is 5.75 Å². The molecular weight excluding hydrogens is 368 g/mol. The predicted octanol–water partition coefficient (Wildman–Crippen LogP) is 4.67. The average Bonchev–Trinajstić information content (AvgIpc) is 3.25. The van der Waals surface area contributed by atoms with Crippen LogP contribution in [-0.4, -0.2) is 27.9 Å². The molecule has 1 atom stereocenters. The molecule has 1 fully saturated rings. The summed E-state index contributed by atoms with van der Waals surface area (Å²) in [5.74, 6) is 0.603. The first kappa shape index (κ1) is 21.1. The Morgan fingerprint density at radius 2 is 1.93 bits per heavy atom. The van der Waals surface area contributed by atoms with Gasteiger partial charge >= 0.3 is 5.97 Å². The Morgan fingerprint density at radius 1 is 1.21 bits per heavy atom. The summed E-state index contributed by atoms with van der Waals surface area (Å²) >= 11 is 0. The largest absolute Gasteiger partial charge is 0.465 e. The number of ether oxygens (including phenoxy) is 2. The van der Waals surface area contributed by atoms with E-state index in [2.05, 4.69) is 11.1 Å². The highest BCUT2D eigenvalue weighted by Gasteiger charge is 2.38. The standard InChI is InChI=1S/C23H30N2O4/c1-17(26)28-15-23(2,3)21(27)22(25-14-13-24-16-25)29-20-12-8-7-11-19(20)18-9-5-4-6-10-18/h7-8,11-14,16,18,22H,4-6,9-10,15H2,1-3H3. The first-order chi connectivity index (χ1) is 13.9. The lowest BCUT2D eigenvalue weighted by Gasteiger charge is -2.30. The smallest absolute Gasteiger partial charge is 0.302 e. The maximum absolute atomic E-state index is 13.4. The highest BCUT2D eigenvalue weighted by molar-refractivity contribution is 5.87. The molecule has 1 heterocycles. The summed E-state index contributed by atoms with van der Waals surface area (Å²) in [6.07, 6.45) is 10.0. The lowest BCUT2D eigenvalue weighted by molar-refractivity contribution is -0.150. The van der Waals surface area contributed by atoms with E-state index in [1.165, 1.54) is 26.2 Å². The molecule has 1 aromatic heterocycles. The summed E-state index contributed by atoms with van der Waals surface area (Å²) in [6, 6.07) is 7.99. The van der Waals surface area contributed by atoms with Crippen molar-refractivity contribution in [1.82, 2.24) is 9.55 Å². The van der Waals surface area contributed by atoms with Gasteiger partial charge in [0.1, 0.15) is 12.4 Å². The van der Waals surface area contributed by atoms with Gasteiger partial charge < -0.3 is 9.47 Å². The van der Waals surface area contributed by atoms with Crippen LogP contribution in [0.1, 0.15) is 70.6 Å². The van der Waals surface area contributed by atoms with Crippen LogP contribution in [0.3, 0.4) is 0 Å². The van der Waals surface area contributed by atoms with Crippen molar-refractivity contribution in [3.05, 3.63) is 48.5 Å². The van der Waals surface area contributed by atoms with E-state index in [1.807, 2.05) is 18.2 Å². The average molecular weight is 399 g/mol. The zero-order chi connectivity index (χ0) is 20.9. The zero-order valence-corrected chi connectivity index (χ0v) is 17.5. The molecule has 2 aromatic rings. The van der Waals surface area contributed by atoms with Gasteiger partial charge in [-0.1, -0.05) is 37.5 Å². The number of aromatic nitrogens is 2. The molecule has 156 valence electrons. The number of carbonyl (C=O) groups excluding carboxylic acids is 2. The molecule has 6 heteroatoms. The van der Waals surface area contributed by atoms with E-state index in [1.54, 1.807) is 37.1 Å². The van der Waals surface area contributed by atoms with Crippen LogP contribution in [0.2, 0.25) is 0 Å². The van der Waals surface area contributed by atoms with Gasteiger partial charge in [-0.25, -0.2) is 4.98 Å². The molecule has 0 amide bonds. The number of rotatable bonds is 8. The van der Waals surface area contributed by atoms with E-state index in [9.17, 15) is 9.59 Å². The Morgan fingerprint density at radius 3 is 2.59 bits per heavy atom. The zero-order valence-electron chi connectivity index (χ0n) is 17.5. The summed E-state index contributed by atoms with van der Waals surface area (Å²) < 4.78 is 13.1. The van der Waals surface area contributed by atoms with Gasteiger partial charge in [-0.3, -0.25) is 14.2 Å². The number of ketones is 1. The molecule has 1 aromatic carbocycles. The van der Waals surface area contributed by atoms with Gasteiger partial charge in [-0.15, -0.1) is 0 Å². The predicted molar refractivity (Wildman–Crippen MR) is 110 cm³/mol. The van der Waals surface area contributed by atoms with Gasteiger partial charge in [-0.05, 0) is 44.2 Å². The van der Waals surface area contributed by atoms with Crippen molar-refractivity contribution < 1.29 is 19.1 Å². The van der Waals surface area contributed by atoms with Gasteiger partial charge in [-0.2, -0.15) is 0 Å². The first-order valence-electron chi connectivity index (χ1n) is 10.3. The summed E-state index contributed by atoms with van der Waals surface area (Å²) in [5, 5.41) is 0. The minimum Gasteiger partial charge on any atom is -0.465 e. The second kappa shape index (κ2) is 9.25. The van der Waals surface area contributed by atoms with Crippen LogP contribution in [0.25, 0.3) is 0 Å². The second-order valence-corrected chi connectivity index (χ2v) is 8.38. The minimum atomic E-state index is -0.902. The van der Waals surface area contributed by atoms with E-state index in [4.69, 9.17) is 9.47 Å². The number of hydrogen-bond donors (Lipinski definition) is 0. The van der Waals surface area contributed by atoms with E-state index >= 15 is 0 Å². The van der Waals surface area contributed by atoms with Crippen molar-refractivity contribution >= 4 is 11.8 Å². The third-order valence-corrected chi connectivity index (χ3v) is 5.53. The number of nitrogens with zero attached hydrogens (tertiary/aromatic N) is 2. The SMILES string of the molecule is CC(=O)OCC(C)(C)C(=O)C(Oc1ccccc1C1CCCCC1)n1ccnc1. The Balaban J connectivity index is 1.88. The Hall–Kier alpha value is -2.63. The molecule has 3 rings (SSSR count). The molecule has 1 aliphatic carbocycles. The van der Waals surface area contributed by atoms with Crippen LogP contribution < -0.4 is 4.74 Å². The maximum Gasteiger partial charge on any atom is 0.302 e. The van der Waals surface area contributed by atoms with Gasteiger partial charge in [0.05, 0.1) is 11.7 Å². The van der Waals surface area contributed by atoms with Gasteiger partial charge in [0.25, 0.3) is 0 Å². The molecule has 0 saturated heterocycles. The highest BCUT2D eigenvalue weighted by Crippen LogP contribution is 2.39. The molecule has 0 spiro atoms. The fourth-order valence-electron chi connectivity index (χ4n) is 3.80. The summed E-state index contributed by atoms with van der Waals surface area (Å²) in [4.78, 5) is 28.7. The van der Waals surface area contributed by atoms with Crippen molar-refractivity contribution in [3.63, 3.8) is 0 Å². The summed E-state index contributed by atoms with van der Waals surface area (Å²) in [7, 11) is 0. The summed E-state index contributed by atoms with van der Waals surface area (Å²) in [6.45, 7) is 4.86. The van der Waals surface area contributed by atoms with Crippen molar-refractivity contribution in [2.24, 2.45) is 5.41 Å². The number of para-hydroxylation sites is 1. The topological polar surface area (TPSA) is 70.4 Å². The Bertz CT molecular complexity index is 823. The minimum absolute atomic E-state index is 0.00000433. The molecule has 0 N–H and O–H groups in total. The monoisotopic (exact) mass is 398 g/mol. The van der Waals surface area contributed by atoms with Crippen LogP contribution in [0.5, 0.6) is 5.75 Å². The third kappa shape index (κ3) is 5.25. The molecule has 29 heavy (non-hydrogen) atoms. The molecule has 0 radical (unpaired) electrons.